The van der Waals surface area contributed by atoms with E-state index in [0.717, 1.165) is 26.9 Å². The number of nitrogen functional groups attached to an aromatic ring is 1. The zero-order chi connectivity index (χ0) is 24.7. The summed E-state index contributed by atoms with van der Waals surface area (Å²) in [6.45, 7) is 7.63. The molecular weight excluding hydrogens is 455 g/mol. The first-order chi connectivity index (χ1) is 16.1. The minimum atomic E-state index is -0.375. The number of benzene rings is 2. The van der Waals surface area contributed by atoms with Gasteiger partial charge in [-0.05, 0) is 74.7 Å². The number of nitrogens with two attached hydrogens (primary N) is 1. The van der Waals surface area contributed by atoms with Crippen LogP contribution in [0.15, 0.2) is 53.5 Å². The summed E-state index contributed by atoms with van der Waals surface area (Å²) >= 11 is 6.58. The molecule has 1 amide bonds. The predicted molar refractivity (Wildman–Crippen MR) is 134 cm³/mol. The highest BCUT2D eigenvalue weighted by atomic mass is 35.5. The molecule has 2 aromatic carbocycles. The first-order valence-electron chi connectivity index (χ1n) is 10.9. The van der Waals surface area contributed by atoms with Crippen LogP contribution < -0.4 is 16.7 Å². The number of nitrogens with one attached hydrogen (secondary N) is 1. The SMILES string of the molecule is Cc1cc(C)n(N)c(=O)c1CNC(=O)c1cc(-c2ccc(F)cc2)cc2c1c(Cl)cn2C(C)C. The third-order valence-corrected chi connectivity index (χ3v) is 6.34. The summed E-state index contributed by atoms with van der Waals surface area (Å²) in [6.07, 6.45) is 1.80. The Morgan fingerprint density at radius 2 is 1.79 bits per heavy atom. The highest BCUT2D eigenvalue weighted by Crippen LogP contribution is 2.35. The lowest BCUT2D eigenvalue weighted by molar-refractivity contribution is 0.0952. The van der Waals surface area contributed by atoms with Crippen molar-refractivity contribution >= 4 is 28.4 Å². The maximum absolute atomic E-state index is 13.5. The Hall–Kier alpha value is -3.58. The Morgan fingerprint density at radius 3 is 2.44 bits per heavy atom. The van der Waals surface area contributed by atoms with Gasteiger partial charge in [0.15, 0.2) is 0 Å². The van der Waals surface area contributed by atoms with Gasteiger partial charge in [-0.2, -0.15) is 0 Å². The van der Waals surface area contributed by atoms with E-state index in [0.29, 0.717) is 27.2 Å². The average Bonchev–Trinajstić information content (AvgIpc) is 3.14. The Kier molecular flexibility index (Phi) is 6.23. The van der Waals surface area contributed by atoms with Gasteiger partial charge in [-0.15, -0.1) is 0 Å². The van der Waals surface area contributed by atoms with Crippen molar-refractivity contribution in [3.05, 3.63) is 92.2 Å². The van der Waals surface area contributed by atoms with Crippen molar-refractivity contribution in [3.63, 3.8) is 0 Å². The van der Waals surface area contributed by atoms with Crippen LogP contribution in [0.1, 0.15) is 47.1 Å². The minimum absolute atomic E-state index is 0.0196. The van der Waals surface area contributed by atoms with Gasteiger partial charge in [0.25, 0.3) is 11.5 Å². The molecule has 0 spiro atoms. The van der Waals surface area contributed by atoms with Crippen molar-refractivity contribution in [1.82, 2.24) is 14.6 Å². The van der Waals surface area contributed by atoms with E-state index in [1.807, 2.05) is 31.4 Å². The van der Waals surface area contributed by atoms with Crippen LogP contribution in [-0.4, -0.2) is 15.2 Å². The summed E-state index contributed by atoms with van der Waals surface area (Å²) in [5.41, 5.74) is 4.13. The molecule has 4 aromatic rings. The maximum Gasteiger partial charge on any atom is 0.274 e. The second kappa shape index (κ2) is 8.99. The molecule has 0 unspecified atom stereocenters. The number of carbonyl (C=O) groups is 1. The summed E-state index contributed by atoms with van der Waals surface area (Å²) in [5.74, 6) is 5.12. The summed E-state index contributed by atoms with van der Waals surface area (Å²) in [5, 5.41) is 3.93. The first kappa shape index (κ1) is 23.6. The fraction of sp³-hybridized carbons (Fsp3) is 0.231. The Morgan fingerprint density at radius 1 is 1.12 bits per heavy atom. The van der Waals surface area contributed by atoms with Gasteiger partial charge in [0.1, 0.15) is 5.82 Å². The van der Waals surface area contributed by atoms with Crippen molar-refractivity contribution in [2.24, 2.45) is 0 Å². The standard InChI is InChI=1S/C26H26ClFN4O2/c1-14(2)31-13-22(27)24-20(10-18(11-23(24)31)17-5-7-19(28)8-6-17)25(33)30-12-21-15(3)9-16(4)32(29)26(21)34/h5-11,13-14H,12,29H2,1-4H3,(H,30,33). The molecule has 2 aromatic heterocycles. The van der Waals surface area contributed by atoms with Gasteiger partial charge >= 0.3 is 0 Å². The number of carbonyl (C=O) groups excluding carboxylic acids is 1. The van der Waals surface area contributed by atoms with Crippen LogP contribution in [0.3, 0.4) is 0 Å². The number of nitrogens with zero attached hydrogens (tertiary/aromatic N) is 2. The molecular formula is C26H26ClFN4O2. The third kappa shape index (κ3) is 4.19. The highest BCUT2D eigenvalue weighted by Gasteiger charge is 2.20. The average molecular weight is 481 g/mol. The van der Waals surface area contributed by atoms with Gasteiger partial charge in [0, 0.05) is 35.4 Å². The largest absolute Gasteiger partial charge is 0.348 e. The van der Waals surface area contributed by atoms with Crippen molar-refractivity contribution in [2.75, 3.05) is 5.84 Å². The molecule has 0 radical (unpaired) electrons. The second-order valence-electron chi connectivity index (χ2n) is 8.71. The lowest BCUT2D eigenvalue weighted by atomic mass is 9.99. The Labute approximate surface area is 201 Å². The van der Waals surface area contributed by atoms with Crippen LogP contribution in [-0.2, 0) is 6.54 Å². The van der Waals surface area contributed by atoms with Crippen molar-refractivity contribution in [2.45, 2.75) is 40.3 Å². The number of aromatic nitrogens is 2. The van der Waals surface area contributed by atoms with Crippen LogP contribution in [0, 0.1) is 19.7 Å². The molecule has 0 saturated carbocycles. The van der Waals surface area contributed by atoms with E-state index in [9.17, 15) is 14.0 Å². The molecule has 0 aliphatic heterocycles. The molecule has 0 atom stereocenters. The van der Waals surface area contributed by atoms with Crippen LogP contribution >= 0.6 is 11.6 Å². The molecule has 3 N–H and O–H groups in total. The fourth-order valence-corrected chi connectivity index (χ4v) is 4.48. The monoisotopic (exact) mass is 480 g/mol. The molecule has 176 valence electrons. The number of halogens is 2. The number of rotatable bonds is 5. The van der Waals surface area contributed by atoms with Crippen LogP contribution in [0.2, 0.25) is 5.02 Å². The second-order valence-corrected chi connectivity index (χ2v) is 9.12. The molecule has 0 bridgehead atoms. The number of hydrogen-bond donors (Lipinski definition) is 2. The van der Waals surface area contributed by atoms with Crippen LogP contribution in [0.4, 0.5) is 4.39 Å². The van der Waals surface area contributed by atoms with E-state index in [1.165, 1.54) is 12.1 Å². The summed E-state index contributed by atoms with van der Waals surface area (Å²) in [6, 6.07) is 11.7. The Bertz CT molecular complexity index is 1470. The fourth-order valence-electron chi connectivity index (χ4n) is 4.18. The zero-order valence-corrected chi connectivity index (χ0v) is 20.2. The van der Waals surface area contributed by atoms with E-state index in [2.05, 4.69) is 5.32 Å². The first-order valence-corrected chi connectivity index (χ1v) is 11.3. The molecule has 34 heavy (non-hydrogen) atoms. The topological polar surface area (TPSA) is 82.1 Å². The van der Waals surface area contributed by atoms with Crippen LogP contribution in [0.5, 0.6) is 0 Å². The normalized spacial score (nSPS) is 11.4. The number of pyridine rings is 1. The molecule has 0 aliphatic rings. The molecule has 6 nitrogen and oxygen atoms in total. The van der Waals surface area contributed by atoms with Gasteiger partial charge in [0.2, 0.25) is 0 Å². The van der Waals surface area contributed by atoms with Gasteiger partial charge in [0.05, 0.1) is 16.1 Å². The number of fused-ring (bicyclic) bond motifs is 1. The molecule has 8 heteroatoms. The molecule has 2 heterocycles. The van der Waals surface area contributed by atoms with Crippen molar-refractivity contribution < 1.29 is 9.18 Å². The molecule has 4 rings (SSSR count). The van der Waals surface area contributed by atoms with Gasteiger partial charge in [-0.25, -0.2) is 9.07 Å². The molecule has 0 saturated heterocycles. The number of aryl methyl sites for hydroxylation is 2. The van der Waals surface area contributed by atoms with E-state index < -0.39 is 0 Å². The highest BCUT2D eigenvalue weighted by molar-refractivity contribution is 6.37. The number of hydrogen-bond acceptors (Lipinski definition) is 3. The lowest BCUT2D eigenvalue weighted by Crippen LogP contribution is -2.35. The molecule has 0 aliphatic carbocycles. The zero-order valence-electron chi connectivity index (χ0n) is 19.4. The smallest absolute Gasteiger partial charge is 0.274 e. The lowest BCUT2D eigenvalue weighted by Gasteiger charge is -2.14. The summed E-state index contributed by atoms with van der Waals surface area (Å²) in [4.78, 5) is 26.0. The van der Waals surface area contributed by atoms with Gasteiger partial charge in [-0.3, -0.25) is 9.59 Å². The van der Waals surface area contributed by atoms with E-state index in [4.69, 9.17) is 17.4 Å². The predicted octanol–water partition coefficient (Wildman–Crippen LogP) is 5.10. The van der Waals surface area contributed by atoms with E-state index >= 15 is 0 Å². The summed E-state index contributed by atoms with van der Waals surface area (Å²) < 4.78 is 16.6. The number of amides is 1. The molecule has 0 fully saturated rings. The van der Waals surface area contributed by atoms with Crippen molar-refractivity contribution in [1.29, 1.82) is 0 Å². The minimum Gasteiger partial charge on any atom is -0.348 e. The van der Waals surface area contributed by atoms with Crippen molar-refractivity contribution in [3.8, 4) is 11.1 Å². The van der Waals surface area contributed by atoms with Gasteiger partial charge in [-0.1, -0.05) is 23.7 Å². The van der Waals surface area contributed by atoms with Crippen LogP contribution in [0.25, 0.3) is 22.0 Å². The summed E-state index contributed by atoms with van der Waals surface area (Å²) in [7, 11) is 0. The van der Waals surface area contributed by atoms with E-state index in [-0.39, 0.29) is 29.9 Å². The van der Waals surface area contributed by atoms with Gasteiger partial charge < -0.3 is 15.7 Å². The Balaban J connectivity index is 1.81. The third-order valence-electron chi connectivity index (χ3n) is 6.05. The van der Waals surface area contributed by atoms with E-state index in [1.54, 1.807) is 37.4 Å². The quantitative estimate of drug-likeness (QED) is 0.390. The maximum atomic E-state index is 13.5.